The van der Waals surface area contributed by atoms with Crippen molar-refractivity contribution >= 4 is 11.3 Å². The summed E-state index contributed by atoms with van der Waals surface area (Å²) in [5.41, 5.74) is 2.49. The van der Waals surface area contributed by atoms with Crippen LogP contribution in [0, 0.1) is 0 Å². The number of aromatic nitrogens is 2. The minimum atomic E-state index is 0.879. The van der Waals surface area contributed by atoms with Crippen molar-refractivity contribution in [1.82, 2.24) is 14.9 Å². The highest BCUT2D eigenvalue weighted by molar-refractivity contribution is 7.09. The van der Waals surface area contributed by atoms with Crippen LogP contribution in [0.2, 0.25) is 0 Å². The van der Waals surface area contributed by atoms with Crippen LogP contribution >= 0.6 is 11.3 Å². The molecule has 0 bridgehead atoms. The summed E-state index contributed by atoms with van der Waals surface area (Å²) >= 11 is 1.77. The lowest BCUT2D eigenvalue weighted by Gasteiger charge is -1.99. The Labute approximate surface area is 107 Å². The van der Waals surface area contributed by atoms with Crippen molar-refractivity contribution in [3.8, 4) is 0 Å². The Bertz CT molecular complexity index is 416. The van der Waals surface area contributed by atoms with E-state index < -0.39 is 0 Å². The van der Waals surface area contributed by atoms with Crippen LogP contribution < -0.4 is 5.32 Å². The molecule has 2 aromatic heterocycles. The van der Waals surface area contributed by atoms with E-state index in [1.807, 2.05) is 7.05 Å². The molecule has 0 atom stereocenters. The molecule has 0 amide bonds. The van der Waals surface area contributed by atoms with E-state index in [2.05, 4.69) is 45.6 Å². The molecular weight excluding hydrogens is 230 g/mol. The predicted molar refractivity (Wildman–Crippen MR) is 72.4 cm³/mol. The van der Waals surface area contributed by atoms with E-state index in [0.29, 0.717) is 0 Å². The van der Waals surface area contributed by atoms with Crippen molar-refractivity contribution < 1.29 is 0 Å². The molecule has 17 heavy (non-hydrogen) atoms. The van der Waals surface area contributed by atoms with Crippen molar-refractivity contribution in [2.45, 2.75) is 32.9 Å². The first-order valence-electron chi connectivity index (χ1n) is 6.04. The molecule has 0 spiro atoms. The van der Waals surface area contributed by atoms with E-state index in [1.54, 1.807) is 11.3 Å². The molecular formula is C13H19N3S. The van der Waals surface area contributed by atoms with Gasteiger partial charge in [-0.05, 0) is 31.5 Å². The highest BCUT2D eigenvalue weighted by Gasteiger charge is 2.02. The third-order valence-corrected chi connectivity index (χ3v) is 3.56. The summed E-state index contributed by atoms with van der Waals surface area (Å²) in [6, 6.07) is 2.15. The molecule has 0 saturated heterocycles. The fraction of sp³-hybridized carbons (Fsp3) is 0.462. The maximum absolute atomic E-state index is 4.63. The lowest BCUT2D eigenvalue weighted by Crippen LogP contribution is -2.04. The van der Waals surface area contributed by atoms with Gasteiger partial charge in [-0.25, -0.2) is 4.98 Å². The first-order chi connectivity index (χ1) is 8.31. The van der Waals surface area contributed by atoms with Gasteiger partial charge in [0.15, 0.2) is 0 Å². The highest BCUT2D eigenvalue weighted by Crippen LogP contribution is 2.13. The lowest BCUT2D eigenvalue weighted by molar-refractivity contribution is 0.764. The first kappa shape index (κ1) is 12.3. The van der Waals surface area contributed by atoms with Gasteiger partial charge < -0.3 is 9.88 Å². The molecule has 1 N–H and O–H groups in total. The molecule has 0 unspecified atom stereocenters. The van der Waals surface area contributed by atoms with Crippen molar-refractivity contribution in [3.05, 3.63) is 40.1 Å². The molecule has 2 aromatic rings. The molecule has 0 radical (unpaired) electrons. The molecule has 3 nitrogen and oxygen atoms in total. The zero-order valence-electron chi connectivity index (χ0n) is 10.4. The van der Waals surface area contributed by atoms with Gasteiger partial charge in [0.25, 0.3) is 0 Å². The normalized spacial score (nSPS) is 10.9. The van der Waals surface area contributed by atoms with E-state index in [1.165, 1.54) is 22.7 Å². The van der Waals surface area contributed by atoms with E-state index in [4.69, 9.17) is 0 Å². The zero-order chi connectivity index (χ0) is 12.1. The Morgan fingerprint density at radius 1 is 1.47 bits per heavy atom. The molecule has 0 fully saturated rings. The molecule has 92 valence electrons. The maximum atomic E-state index is 4.63. The van der Waals surface area contributed by atoms with Crippen LogP contribution in [0.1, 0.15) is 29.6 Å². The summed E-state index contributed by atoms with van der Waals surface area (Å²) in [6.07, 6.45) is 6.56. The molecule has 2 rings (SSSR count). The molecule has 0 aromatic carbocycles. The van der Waals surface area contributed by atoms with E-state index >= 15 is 0 Å². The number of nitrogens with zero attached hydrogens (tertiary/aromatic N) is 2. The fourth-order valence-corrected chi connectivity index (χ4v) is 2.73. The van der Waals surface area contributed by atoms with Crippen LogP contribution in [-0.2, 0) is 19.5 Å². The largest absolute Gasteiger partial charge is 0.348 e. The van der Waals surface area contributed by atoms with Gasteiger partial charge in [-0.1, -0.05) is 6.92 Å². The van der Waals surface area contributed by atoms with Crippen LogP contribution in [0.4, 0.5) is 0 Å². The second kappa shape index (κ2) is 5.98. The smallest absolute Gasteiger partial charge is 0.0928 e. The van der Waals surface area contributed by atoms with Gasteiger partial charge in [-0.3, -0.25) is 0 Å². The summed E-state index contributed by atoms with van der Waals surface area (Å²) in [4.78, 5) is 4.63. The number of rotatable bonds is 6. The number of nitrogens with one attached hydrogen (secondary N) is 1. The Hall–Kier alpha value is -1.13. The summed E-state index contributed by atoms with van der Waals surface area (Å²) < 4.78 is 2.19. The molecule has 0 aliphatic heterocycles. The van der Waals surface area contributed by atoms with Crippen LogP contribution in [0.3, 0.4) is 0 Å². The maximum Gasteiger partial charge on any atom is 0.0928 e. The minimum absolute atomic E-state index is 0.879. The molecule has 0 saturated carbocycles. The van der Waals surface area contributed by atoms with Gasteiger partial charge >= 0.3 is 0 Å². The van der Waals surface area contributed by atoms with Crippen LogP contribution in [-0.4, -0.2) is 16.6 Å². The summed E-state index contributed by atoms with van der Waals surface area (Å²) in [5.74, 6) is 0. The highest BCUT2D eigenvalue weighted by atomic mass is 32.1. The number of thiazole rings is 1. The number of hydrogen-bond acceptors (Lipinski definition) is 3. The van der Waals surface area contributed by atoms with Crippen LogP contribution in [0.5, 0.6) is 0 Å². The second-order valence-corrected chi connectivity index (χ2v) is 5.15. The van der Waals surface area contributed by atoms with E-state index in [9.17, 15) is 0 Å². The average molecular weight is 249 g/mol. The Balaban J connectivity index is 1.98. The molecule has 0 aliphatic rings. The summed E-state index contributed by atoms with van der Waals surface area (Å²) in [7, 11) is 1.97. The monoisotopic (exact) mass is 249 g/mol. The van der Waals surface area contributed by atoms with Crippen molar-refractivity contribution in [2.75, 3.05) is 7.05 Å². The minimum Gasteiger partial charge on any atom is -0.348 e. The SMILES string of the molecule is CCCc1nc(Cn2ccc(CNC)c2)cs1. The number of hydrogen-bond donors (Lipinski definition) is 1. The van der Waals surface area contributed by atoms with Gasteiger partial charge in [-0.2, -0.15) is 0 Å². The van der Waals surface area contributed by atoms with Crippen molar-refractivity contribution in [1.29, 1.82) is 0 Å². The predicted octanol–water partition coefficient (Wildman–Crippen LogP) is 2.66. The third-order valence-electron chi connectivity index (χ3n) is 2.60. The quantitative estimate of drug-likeness (QED) is 0.853. The first-order valence-corrected chi connectivity index (χ1v) is 6.92. The fourth-order valence-electron chi connectivity index (χ4n) is 1.83. The lowest BCUT2D eigenvalue weighted by atomic mass is 10.3. The van der Waals surface area contributed by atoms with E-state index in [-0.39, 0.29) is 0 Å². The molecule has 4 heteroatoms. The van der Waals surface area contributed by atoms with Crippen molar-refractivity contribution in [2.24, 2.45) is 0 Å². The van der Waals surface area contributed by atoms with Gasteiger partial charge in [0.05, 0.1) is 17.2 Å². The van der Waals surface area contributed by atoms with Crippen LogP contribution in [0.25, 0.3) is 0 Å². The third kappa shape index (κ3) is 3.41. The Kier molecular flexibility index (Phi) is 4.34. The van der Waals surface area contributed by atoms with Gasteiger partial charge in [0.1, 0.15) is 0 Å². The Morgan fingerprint density at radius 2 is 2.35 bits per heavy atom. The van der Waals surface area contributed by atoms with Gasteiger partial charge in [0.2, 0.25) is 0 Å². The average Bonchev–Trinajstić information content (AvgIpc) is 2.91. The second-order valence-electron chi connectivity index (χ2n) is 4.20. The Morgan fingerprint density at radius 3 is 3.12 bits per heavy atom. The van der Waals surface area contributed by atoms with Gasteiger partial charge in [0, 0.05) is 24.3 Å². The van der Waals surface area contributed by atoms with E-state index in [0.717, 1.165) is 19.5 Å². The molecule has 0 aliphatic carbocycles. The van der Waals surface area contributed by atoms with Gasteiger partial charge in [-0.15, -0.1) is 11.3 Å². The molecule has 2 heterocycles. The summed E-state index contributed by atoms with van der Waals surface area (Å²) in [5, 5.41) is 6.58. The zero-order valence-corrected chi connectivity index (χ0v) is 11.3. The standard InChI is InChI=1S/C13H19N3S/c1-3-4-13-15-12(10-17-13)9-16-6-5-11(8-16)7-14-2/h5-6,8,10,14H,3-4,7,9H2,1-2H3. The van der Waals surface area contributed by atoms with Crippen molar-refractivity contribution in [3.63, 3.8) is 0 Å². The number of aryl methyl sites for hydroxylation is 1. The topological polar surface area (TPSA) is 29.9 Å². The summed E-state index contributed by atoms with van der Waals surface area (Å²) in [6.45, 7) is 3.99. The van der Waals surface area contributed by atoms with Crippen LogP contribution in [0.15, 0.2) is 23.8 Å².